The van der Waals surface area contributed by atoms with E-state index in [1.165, 1.54) is 32.7 Å². The molecule has 6 aromatic carbocycles. The van der Waals surface area contributed by atoms with Crippen molar-refractivity contribution in [2.75, 3.05) is 0 Å². The fraction of sp³-hybridized carbons (Fsp3) is 0. The van der Waals surface area contributed by atoms with Crippen molar-refractivity contribution in [3.8, 4) is 33.8 Å². The van der Waals surface area contributed by atoms with Gasteiger partial charge in [0.2, 0.25) is 0 Å². The van der Waals surface area contributed by atoms with Crippen LogP contribution in [-0.4, -0.2) is 19.4 Å². The number of fused-ring (bicyclic) bond motifs is 9. The highest BCUT2D eigenvalue weighted by molar-refractivity contribution is 6.30. The van der Waals surface area contributed by atoms with E-state index in [1.54, 1.807) is 6.39 Å². The highest BCUT2D eigenvalue weighted by Crippen LogP contribution is 2.43. The molecule has 0 unspecified atom stereocenters. The number of benzene rings is 6. The van der Waals surface area contributed by atoms with E-state index >= 15 is 0 Å². The van der Waals surface area contributed by atoms with Crippen molar-refractivity contribution >= 4 is 60.1 Å². The van der Waals surface area contributed by atoms with Crippen molar-refractivity contribution in [1.82, 2.24) is 19.4 Å². The second kappa shape index (κ2) is 8.72. The summed E-state index contributed by atoms with van der Waals surface area (Å²) < 4.78 is 8.28. The summed E-state index contributed by atoms with van der Waals surface area (Å²) in [6.07, 6.45) is 1.54. The third-order valence-electron chi connectivity index (χ3n) is 8.87. The molecule has 0 aliphatic carbocycles. The van der Waals surface area contributed by atoms with Gasteiger partial charge in [-0.15, -0.1) is 0 Å². The molecule has 0 spiro atoms. The van der Waals surface area contributed by atoms with E-state index in [1.807, 2.05) is 30.3 Å². The fourth-order valence-electron chi connectivity index (χ4n) is 6.92. The molecule has 0 fully saturated rings. The minimum absolute atomic E-state index is 0.714. The molecule has 0 aliphatic rings. The number of nitrogens with zero attached hydrogens (tertiary/aromatic N) is 4. The minimum atomic E-state index is 0.714. The van der Waals surface area contributed by atoms with Crippen LogP contribution in [0.4, 0.5) is 0 Å². The van der Waals surface area contributed by atoms with Crippen LogP contribution in [0.3, 0.4) is 0 Å². The van der Waals surface area contributed by atoms with E-state index in [-0.39, 0.29) is 0 Å². The van der Waals surface area contributed by atoms with Crippen molar-refractivity contribution in [3.05, 3.63) is 134 Å². The Morgan fingerprint density at radius 3 is 2.18 bits per heavy atom. The van der Waals surface area contributed by atoms with Gasteiger partial charge in [0, 0.05) is 32.7 Å². The fourth-order valence-corrected chi connectivity index (χ4v) is 6.92. The lowest BCUT2D eigenvalue weighted by molar-refractivity contribution is 0.605. The first-order valence-electron chi connectivity index (χ1n) is 14.7. The Kier molecular flexibility index (Phi) is 4.66. The molecule has 0 saturated heterocycles. The third kappa shape index (κ3) is 3.21. The quantitative estimate of drug-likeness (QED) is 0.215. The number of hydrogen-bond acceptors (Lipinski definition) is 4. The minimum Gasteiger partial charge on any atom is -0.443 e. The molecule has 5 nitrogen and oxygen atoms in total. The maximum atomic E-state index is 5.91. The average Bonchev–Trinajstić information content (AvgIpc) is 3.79. The Morgan fingerprint density at radius 2 is 1.25 bits per heavy atom. The van der Waals surface area contributed by atoms with Crippen LogP contribution < -0.4 is 0 Å². The number of aromatic nitrogens is 4. The standard InChI is InChI=1S/C39H22N4O/c1-2-9-23(10-3-1)36-27-13-4-6-15-31(27)41-39(42-36)26-12-8-11-24(19-26)25-17-18-34-29(20-25)30-21-32-38(44-22-40-32)35-28-14-5-7-16-33(28)43(34)37(30)35/h1-22H. The SMILES string of the molecule is c1ccc(-c2nc(-c3cccc(-c4ccc5c(c4)c4cc6ncoc6c6c7ccccc7n5c46)c3)nc3ccccc23)cc1. The number of rotatable bonds is 3. The van der Waals surface area contributed by atoms with E-state index in [2.05, 4.69) is 106 Å². The molecule has 0 atom stereocenters. The van der Waals surface area contributed by atoms with E-state index < -0.39 is 0 Å². The van der Waals surface area contributed by atoms with Crippen LogP contribution in [0.25, 0.3) is 93.9 Å². The van der Waals surface area contributed by atoms with E-state index in [0.717, 1.165) is 55.3 Å². The van der Waals surface area contributed by atoms with Crippen LogP contribution >= 0.6 is 0 Å². The van der Waals surface area contributed by atoms with E-state index in [0.29, 0.717) is 5.82 Å². The molecule has 204 valence electrons. The summed E-state index contributed by atoms with van der Waals surface area (Å²) >= 11 is 0. The summed E-state index contributed by atoms with van der Waals surface area (Å²) in [5, 5.41) is 5.71. The number of para-hydroxylation sites is 2. The topological polar surface area (TPSA) is 56.2 Å². The summed E-state index contributed by atoms with van der Waals surface area (Å²) in [6.45, 7) is 0. The van der Waals surface area contributed by atoms with Gasteiger partial charge in [0.15, 0.2) is 17.8 Å². The molecule has 0 saturated carbocycles. The molecule has 4 heterocycles. The van der Waals surface area contributed by atoms with Crippen molar-refractivity contribution in [3.63, 3.8) is 0 Å². The highest BCUT2D eigenvalue weighted by Gasteiger charge is 2.22. The zero-order chi connectivity index (χ0) is 28.8. The van der Waals surface area contributed by atoms with Gasteiger partial charge in [-0.25, -0.2) is 15.0 Å². The van der Waals surface area contributed by atoms with Gasteiger partial charge in [-0.2, -0.15) is 0 Å². The predicted molar refractivity (Wildman–Crippen MR) is 178 cm³/mol. The molecule has 4 aromatic heterocycles. The Labute approximate surface area is 251 Å². The number of hydrogen-bond donors (Lipinski definition) is 0. The maximum absolute atomic E-state index is 5.91. The molecule has 10 rings (SSSR count). The molecule has 0 N–H and O–H groups in total. The lowest BCUT2D eigenvalue weighted by Gasteiger charge is -2.10. The van der Waals surface area contributed by atoms with Gasteiger partial charge < -0.3 is 8.82 Å². The lowest BCUT2D eigenvalue weighted by atomic mass is 9.99. The highest BCUT2D eigenvalue weighted by atomic mass is 16.3. The Hall–Kier alpha value is -6.07. The largest absolute Gasteiger partial charge is 0.443 e. The smallest absolute Gasteiger partial charge is 0.182 e. The van der Waals surface area contributed by atoms with Crippen LogP contribution in [0.5, 0.6) is 0 Å². The summed E-state index contributed by atoms with van der Waals surface area (Å²) in [6, 6.07) is 44.5. The second-order valence-electron chi connectivity index (χ2n) is 11.3. The van der Waals surface area contributed by atoms with Crippen LogP contribution in [0.15, 0.2) is 138 Å². The Balaban J connectivity index is 1.18. The van der Waals surface area contributed by atoms with Crippen LogP contribution in [0, 0.1) is 0 Å². The monoisotopic (exact) mass is 562 g/mol. The van der Waals surface area contributed by atoms with Crippen molar-refractivity contribution in [2.24, 2.45) is 0 Å². The Bertz CT molecular complexity index is 2720. The summed E-state index contributed by atoms with van der Waals surface area (Å²) in [5.74, 6) is 0.714. The third-order valence-corrected chi connectivity index (χ3v) is 8.87. The van der Waals surface area contributed by atoms with Gasteiger partial charge in [-0.3, -0.25) is 0 Å². The van der Waals surface area contributed by atoms with Gasteiger partial charge in [-0.1, -0.05) is 91.0 Å². The molecule has 0 radical (unpaired) electrons. The lowest BCUT2D eigenvalue weighted by Crippen LogP contribution is -1.95. The van der Waals surface area contributed by atoms with Gasteiger partial charge in [-0.05, 0) is 47.5 Å². The molecule has 44 heavy (non-hydrogen) atoms. The first-order valence-corrected chi connectivity index (χ1v) is 14.7. The molecule has 10 aromatic rings. The van der Waals surface area contributed by atoms with E-state index in [4.69, 9.17) is 14.4 Å². The molecule has 0 amide bonds. The normalized spacial score (nSPS) is 12.1. The predicted octanol–water partition coefficient (Wildman–Crippen LogP) is 9.92. The van der Waals surface area contributed by atoms with Crippen molar-refractivity contribution < 1.29 is 4.42 Å². The first kappa shape index (κ1) is 23.5. The van der Waals surface area contributed by atoms with Crippen molar-refractivity contribution in [2.45, 2.75) is 0 Å². The first-order chi connectivity index (χ1) is 21.8. The summed E-state index contributed by atoms with van der Waals surface area (Å²) in [5.41, 5.74) is 11.4. The van der Waals surface area contributed by atoms with Crippen LogP contribution in [0.2, 0.25) is 0 Å². The molecular weight excluding hydrogens is 540 g/mol. The molecular formula is C39H22N4O. The zero-order valence-corrected chi connectivity index (χ0v) is 23.4. The summed E-state index contributed by atoms with van der Waals surface area (Å²) in [7, 11) is 0. The zero-order valence-electron chi connectivity index (χ0n) is 23.4. The Morgan fingerprint density at radius 1 is 0.500 bits per heavy atom. The van der Waals surface area contributed by atoms with Crippen LogP contribution in [-0.2, 0) is 0 Å². The van der Waals surface area contributed by atoms with Gasteiger partial charge in [0.25, 0.3) is 0 Å². The second-order valence-corrected chi connectivity index (χ2v) is 11.3. The van der Waals surface area contributed by atoms with Gasteiger partial charge in [0.1, 0.15) is 5.52 Å². The van der Waals surface area contributed by atoms with Crippen LogP contribution in [0.1, 0.15) is 0 Å². The van der Waals surface area contributed by atoms with Crippen molar-refractivity contribution in [1.29, 1.82) is 0 Å². The van der Waals surface area contributed by atoms with Gasteiger partial charge in [0.05, 0.1) is 33.1 Å². The van der Waals surface area contributed by atoms with Gasteiger partial charge >= 0.3 is 0 Å². The summed E-state index contributed by atoms with van der Waals surface area (Å²) in [4.78, 5) is 14.6. The molecule has 0 bridgehead atoms. The maximum Gasteiger partial charge on any atom is 0.182 e. The molecule has 5 heteroatoms. The number of oxazole rings is 1. The molecule has 0 aliphatic heterocycles. The van der Waals surface area contributed by atoms with E-state index in [9.17, 15) is 0 Å². The average molecular weight is 563 g/mol.